The zero-order valence-electron chi connectivity index (χ0n) is 17.8. The van der Waals surface area contributed by atoms with Crippen LogP contribution in [0.5, 0.6) is 5.75 Å². The largest absolute Gasteiger partial charge is 0.494 e. The number of halogens is 1. The molecule has 4 rings (SSSR count). The van der Waals surface area contributed by atoms with Gasteiger partial charge in [0.25, 0.3) is 0 Å². The van der Waals surface area contributed by atoms with Gasteiger partial charge in [0, 0.05) is 12.1 Å². The lowest BCUT2D eigenvalue weighted by Crippen LogP contribution is -2.35. The number of guanidine groups is 1. The average Bonchev–Trinajstić information content (AvgIpc) is 3.42. The highest BCUT2D eigenvalue weighted by atomic mass is 35.5. The number of hydrogen-bond donors (Lipinski definition) is 2. The summed E-state index contributed by atoms with van der Waals surface area (Å²) in [7, 11) is 0. The minimum Gasteiger partial charge on any atom is -0.494 e. The van der Waals surface area contributed by atoms with E-state index in [0.717, 1.165) is 54.5 Å². The molecule has 1 unspecified atom stereocenters. The van der Waals surface area contributed by atoms with Gasteiger partial charge in [-0.2, -0.15) is 4.98 Å². The molecule has 0 spiro atoms. The predicted octanol–water partition coefficient (Wildman–Crippen LogP) is 5.30. The molecule has 0 amide bonds. The van der Waals surface area contributed by atoms with Crippen molar-refractivity contribution in [1.82, 2.24) is 15.0 Å². The van der Waals surface area contributed by atoms with Gasteiger partial charge >= 0.3 is 0 Å². The molecule has 3 N–H and O–H groups in total. The van der Waals surface area contributed by atoms with Crippen molar-refractivity contribution in [2.45, 2.75) is 51.5 Å². The van der Waals surface area contributed by atoms with Gasteiger partial charge in [-0.3, -0.25) is 5.41 Å². The Morgan fingerprint density at radius 1 is 1.19 bits per heavy atom. The third-order valence-corrected chi connectivity index (χ3v) is 5.63. The van der Waals surface area contributed by atoms with Crippen molar-refractivity contribution in [2.75, 3.05) is 13.2 Å². The molecule has 31 heavy (non-hydrogen) atoms. The van der Waals surface area contributed by atoms with E-state index in [9.17, 15) is 0 Å². The number of nitrogens with one attached hydrogen (secondary N) is 1. The highest BCUT2D eigenvalue weighted by Crippen LogP contribution is 2.32. The first kappa shape index (κ1) is 22.9. The molecule has 1 fully saturated rings. The molecule has 0 radical (unpaired) electrons. The van der Waals surface area contributed by atoms with Gasteiger partial charge in [-0.1, -0.05) is 49.5 Å². The first-order valence-electron chi connectivity index (χ1n) is 10.8. The van der Waals surface area contributed by atoms with Crippen molar-refractivity contribution in [1.29, 1.82) is 5.41 Å². The van der Waals surface area contributed by atoms with E-state index in [1.165, 1.54) is 19.3 Å². The van der Waals surface area contributed by atoms with E-state index in [1.807, 2.05) is 17.0 Å². The van der Waals surface area contributed by atoms with Crippen molar-refractivity contribution in [2.24, 2.45) is 5.73 Å². The Labute approximate surface area is 188 Å². The van der Waals surface area contributed by atoms with Crippen LogP contribution in [0.1, 0.15) is 57.4 Å². The van der Waals surface area contributed by atoms with Crippen molar-refractivity contribution < 1.29 is 9.26 Å². The van der Waals surface area contributed by atoms with Crippen molar-refractivity contribution >= 4 is 29.1 Å². The summed E-state index contributed by atoms with van der Waals surface area (Å²) in [4.78, 5) is 6.40. The maximum atomic E-state index is 7.73. The highest BCUT2D eigenvalue weighted by molar-refractivity contribution is 5.87. The van der Waals surface area contributed by atoms with Crippen molar-refractivity contribution in [3.05, 3.63) is 42.3 Å². The van der Waals surface area contributed by atoms with Crippen molar-refractivity contribution in [3.8, 4) is 17.1 Å². The topological polar surface area (TPSA) is 101 Å². The van der Waals surface area contributed by atoms with Crippen LogP contribution in [0.25, 0.3) is 22.2 Å². The summed E-state index contributed by atoms with van der Waals surface area (Å²) >= 11 is 0. The summed E-state index contributed by atoms with van der Waals surface area (Å²) in [6.45, 7) is 3.72. The molecule has 0 aliphatic carbocycles. The Bertz CT molecular complexity index is 1020. The first-order chi connectivity index (χ1) is 14.7. The Morgan fingerprint density at radius 2 is 2.00 bits per heavy atom. The fraction of sp³-hybridized carbons (Fsp3) is 0.435. The fourth-order valence-electron chi connectivity index (χ4n) is 3.97. The van der Waals surface area contributed by atoms with Gasteiger partial charge in [0.05, 0.1) is 6.61 Å². The number of likely N-dealkylation sites (tertiary alicyclic amines) is 1. The molecular weight excluding hydrogens is 414 g/mol. The van der Waals surface area contributed by atoms with Crippen LogP contribution in [-0.4, -0.2) is 34.2 Å². The SMILES string of the molecule is CCCCCCOc1ccc2cc(-c3noc(C4CCCN4C(=N)N)n3)ccc2c1.Cl. The summed E-state index contributed by atoms with van der Waals surface area (Å²) < 4.78 is 11.4. The molecule has 3 aromatic rings. The third-order valence-electron chi connectivity index (χ3n) is 5.63. The van der Waals surface area contributed by atoms with Crippen LogP contribution in [-0.2, 0) is 0 Å². The smallest absolute Gasteiger partial charge is 0.249 e. The second-order valence-corrected chi connectivity index (χ2v) is 7.83. The number of aromatic nitrogens is 2. The van der Waals surface area contributed by atoms with Crippen LogP contribution in [0.3, 0.4) is 0 Å². The van der Waals surface area contributed by atoms with Crippen LogP contribution in [0.2, 0.25) is 0 Å². The Morgan fingerprint density at radius 3 is 2.81 bits per heavy atom. The monoisotopic (exact) mass is 443 g/mol. The molecule has 1 aliphatic heterocycles. The Hall–Kier alpha value is -2.80. The maximum absolute atomic E-state index is 7.73. The van der Waals surface area contributed by atoms with Crippen molar-refractivity contribution in [3.63, 3.8) is 0 Å². The number of nitrogens with zero attached hydrogens (tertiary/aromatic N) is 3. The van der Waals surface area contributed by atoms with Gasteiger partial charge in [0.15, 0.2) is 5.96 Å². The van der Waals surface area contributed by atoms with Crippen LogP contribution in [0, 0.1) is 5.41 Å². The standard InChI is InChI=1S/C23H29N5O2.ClH/c1-2-3-4-5-13-29-19-11-10-16-14-18(9-8-17(16)15-19)21-26-22(30-27-21)20-7-6-12-28(20)23(24)25;/h8-11,14-15,20H,2-7,12-13H2,1H3,(H3,24,25);1H. The van der Waals surface area contributed by atoms with E-state index < -0.39 is 0 Å². The Kier molecular flexibility index (Phi) is 7.74. The summed E-state index contributed by atoms with van der Waals surface area (Å²) in [5, 5.41) is 14.1. The predicted molar refractivity (Wildman–Crippen MR) is 125 cm³/mol. The number of fused-ring (bicyclic) bond motifs is 1. The third kappa shape index (κ3) is 5.28. The van der Waals surface area contributed by atoms with E-state index >= 15 is 0 Å². The van der Waals surface area contributed by atoms with Crippen LogP contribution >= 0.6 is 12.4 Å². The normalized spacial score (nSPS) is 15.8. The molecule has 0 bridgehead atoms. The number of ether oxygens (including phenoxy) is 1. The fourth-order valence-corrected chi connectivity index (χ4v) is 3.97. The average molecular weight is 444 g/mol. The van der Waals surface area contributed by atoms with E-state index in [4.69, 9.17) is 20.4 Å². The number of hydrogen-bond acceptors (Lipinski definition) is 5. The molecule has 2 heterocycles. The zero-order chi connectivity index (χ0) is 20.9. The van der Waals surface area contributed by atoms with Gasteiger partial charge in [0.1, 0.15) is 11.8 Å². The molecular formula is C23H30ClN5O2. The van der Waals surface area contributed by atoms with E-state index in [2.05, 4.69) is 41.3 Å². The summed E-state index contributed by atoms with van der Waals surface area (Å²) in [5.74, 6) is 2.02. The summed E-state index contributed by atoms with van der Waals surface area (Å²) in [6, 6.07) is 12.2. The maximum Gasteiger partial charge on any atom is 0.249 e. The van der Waals surface area contributed by atoms with E-state index in [1.54, 1.807) is 0 Å². The van der Waals surface area contributed by atoms with Gasteiger partial charge < -0.3 is 19.9 Å². The number of rotatable bonds is 8. The second-order valence-electron chi connectivity index (χ2n) is 7.83. The van der Waals surface area contributed by atoms with Gasteiger partial charge in [-0.25, -0.2) is 0 Å². The molecule has 1 aliphatic rings. The zero-order valence-corrected chi connectivity index (χ0v) is 18.7. The van der Waals surface area contributed by atoms with E-state index in [0.29, 0.717) is 11.7 Å². The molecule has 1 aromatic heterocycles. The van der Waals surface area contributed by atoms with Crippen LogP contribution < -0.4 is 10.5 Å². The highest BCUT2D eigenvalue weighted by Gasteiger charge is 2.31. The van der Waals surface area contributed by atoms with Gasteiger partial charge in [-0.05, 0) is 48.2 Å². The molecule has 1 saturated heterocycles. The molecule has 166 valence electrons. The molecule has 7 nitrogen and oxygen atoms in total. The van der Waals surface area contributed by atoms with Crippen LogP contribution in [0.4, 0.5) is 0 Å². The molecule has 0 saturated carbocycles. The van der Waals surface area contributed by atoms with Gasteiger partial charge in [0.2, 0.25) is 11.7 Å². The summed E-state index contributed by atoms with van der Waals surface area (Å²) in [6.07, 6.45) is 6.62. The quantitative estimate of drug-likeness (QED) is 0.278. The molecule has 1 atom stereocenters. The molecule has 8 heteroatoms. The lowest BCUT2D eigenvalue weighted by Gasteiger charge is -2.21. The second kappa shape index (κ2) is 10.5. The summed E-state index contributed by atoms with van der Waals surface area (Å²) in [5.41, 5.74) is 6.58. The first-order valence-corrected chi connectivity index (χ1v) is 10.8. The lowest BCUT2D eigenvalue weighted by atomic mass is 10.1. The number of unbranched alkanes of at least 4 members (excludes halogenated alkanes) is 3. The van der Waals surface area contributed by atoms with Crippen LogP contribution in [0.15, 0.2) is 40.9 Å². The number of benzene rings is 2. The minimum atomic E-state index is -0.110. The molecule has 2 aromatic carbocycles. The van der Waals surface area contributed by atoms with Gasteiger partial charge in [-0.15, -0.1) is 12.4 Å². The minimum absolute atomic E-state index is 0. The number of nitrogens with two attached hydrogens (primary N) is 1. The lowest BCUT2D eigenvalue weighted by molar-refractivity contribution is 0.283. The Balaban J connectivity index is 0.00000272. The van der Waals surface area contributed by atoms with E-state index in [-0.39, 0.29) is 24.4 Å².